The maximum absolute atomic E-state index is 13.7. The van der Waals surface area contributed by atoms with Crippen LogP contribution in [-0.2, 0) is 32.6 Å². The third kappa shape index (κ3) is 7.98. The third-order valence-electron chi connectivity index (χ3n) is 6.19. The summed E-state index contributed by atoms with van der Waals surface area (Å²) >= 11 is 0. The van der Waals surface area contributed by atoms with Gasteiger partial charge in [0.15, 0.2) is 0 Å². The zero-order valence-corrected chi connectivity index (χ0v) is 23.0. The highest BCUT2D eigenvalue weighted by atomic mass is 32.2. The number of rotatable bonds is 13. The zero-order chi connectivity index (χ0) is 26.9. The smallest absolute Gasteiger partial charge is 0.244 e. The number of carbonyl (C=O) groups excluding carboxylic acids is 2. The van der Waals surface area contributed by atoms with Gasteiger partial charge < -0.3 is 15.0 Å². The van der Waals surface area contributed by atoms with E-state index in [1.807, 2.05) is 52.0 Å². The molecule has 0 aliphatic carbocycles. The van der Waals surface area contributed by atoms with Gasteiger partial charge in [0.25, 0.3) is 0 Å². The minimum atomic E-state index is -3.76. The molecule has 198 valence electrons. The predicted molar refractivity (Wildman–Crippen MR) is 144 cm³/mol. The van der Waals surface area contributed by atoms with Crippen LogP contribution in [0.25, 0.3) is 0 Å². The fourth-order valence-electron chi connectivity index (χ4n) is 3.84. The number of methoxy groups -OCH3 is 1. The summed E-state index contributed by atoms with van der Waals surface area (Å²) in [5, 5.41) is 2.96. The zero-order valence-electron chi connectivity index (χ0n) is 22.2. The number of ether oxygens (including phenoxy) is 1. The first-order valence-corrected chi connectivity index (χ1v) is 14.2. The number of nitrogens with one attached hydrogen (secondary N) is 1. The Morgan fingerprint density at radius 3 is 2.19 bits per heavy atom. The van der Waals surface area contributed by atoms with Crippen LogP contribution < -0.4 is 14.4 Å². The van der Waals surface area contributed by atoms with Crippen LogP contribution in [0.3, 0.4) is 0 Å². The summed E-state index contributed by atoms with van der Waals surface area (Å²) < 4.78 is 31.8. The van der Waals surface area contributed by atoms with Gasteiger partial charge in [0.05, 0.1) is 19.1 Å². The maximum Gasteiger partial charge on any atom is 0.244 e. The van der Waals surface area contributed by atoms with E-state index in [4.69, 9.17) is 4.74 Å². The van der Waals surface area contributed by atoms with Gasteiger partial charge in [-0.3, -0.25) is 13.9 Å². The van der Waals surface area contributed by atoms with Crippen molar-refractivity contribution >= 4 is 27.5 Å². The molecular weight excluding hydrogens is 478 g/mol. The van der Waals surface area contributed by atoms with E-state index >= 15 is 0 Å². The maximum atomic E-state index is 13.7. The summed E-state index contributed by atoms with van der Waals surface area (Å²) in [4.78, 5) is 28.4. The molecular formula is C27H39N3O5S. The Bertz CT molecular complexity index is 1120. The van der Waals surface area contributed by atoms with Crippen LogP contribution in [0.1, 0.15) is 51.7 Å². The Morgan fingerprint density at radius 1 is 1.00 bits per heavy atom. The topological polar surface area (TPSA) is 96.0 Å². The van der Waals surface area contributed by atoms with E-state index in [2.05, 4.69) is 5.32 Å². The Labute approximate surface area is 215 Å². The number of hydrogen-bond donors (Lipinski definition) is 1. The summed E-state index contributed by atoms with van der Waals surface area (Å²) in [7, 11) is -2.20. The van der Waals surface area contributed by atoms with Crippen molar-refractivity contribution < 1.29 is 22.7 Å². The summed E-state index contributed by atoms with van der Waals surface area (Å²) in [5.74, 6) is -0.0963. The summed E-state index contributed by atoms with van der Waals surface area (Å²) in [5.41, 5.74) is 2.24. The molecule has 2 aromatic carbocycles. The first-order chi connectivity index (χ1) is 17.0. The Hall–Kier alpha value is -3.07. The van der Waals surface area contributed by atoms with Gasteiger partial charge in [0.1, 0.15) is 18.3 Å². The lowest BCUT2D eigenvalue weighted by atomic mass is 10.1. The van der Waals surface area contributed by atoms with E-state index in [9.17, 15) is 18.0 Å². The van der Waals surface area contributed by atoms with Gasteiger partial charge in [-0.15, -0.1) is 0 Å². The van der Waals surface area contributed by atoms with Crippen molar-refractivity contribution in [1.29, 1.82) is 0 Å². The van der Waals surface area contributed by atoms with Crippen LogP contribution >= 0.6 is 0 Å². The lowest BCUT2D eigenvalue weighted by molar-refractivity contribution is -0.140. The minimum absolute atomic E-state index is 0.0510. The van der Waals surface area contributed by atoms with Crippen molar-refractivity contribution in [2.75, 3.05) is 24.2 Å². The Balaban J connectivity index is 2.44. The van der Waals surface area contributed by atoms with Crippen molar-refractivity contribution in [3.05, 3.63) is 59.7 Å². The van der Waals surface area contributed by atoms with E-state index in [1.165, 1.54) is 4.90 Å². The lowest BCUT2D eigenvalue weighted by Crippen LogP contribution is -2.53. The van der Waals surface area contributed by atoms with Gasteiger partial charge in [-0.2, -0.15) is 0 Å². The van der Waals surface area contributed by atoms with Crippen molar-refractivity contribution in [3.8, 4) is 5.75 Å². The second-order valence-electron chi connectivity index (χ2n) is 8.90. The molecule has 2 rings (SSSR count). The van der Waals surface area contributed by atoms with E-state index in [-0.39, 0.29) is 18.5 Å². The van der Waals surface area contributed by atoms with E-state index in [0.717, 1.165) is 34.5 Å². The van der Waals surface area contributed by atoms with Crippen LogP contribution in [0, 0.1) is 0 Å². The average Bonchev–Trinajstić information content (AvgIpc) is 2.86. The van der Waals surface area contributed by atoms with E-state index in [0.29, 0.717) is 17.9 Å². The van der Waals surface area contributed by atoms with Gasteiger partial charge in [0, 0.05) is 12.6 Å². The van der Waals surface area contributed by atoms with Gasteiger partial charge >= 0.3 is 0 Å². The fourth-order valence-corrected chi connectivity index (χ4v) is 4.69. The standard InChI is InChI=1S/C27H39N3O5S/c1-7-20(4)28-27(32)25(9-3)29(18-22-11-10-12-24(17-22)35-5)26(31)19-30(36(6,33)34)23-15-13-21(8-2)14-16-23/h10-17,20,25H,7-9,18-19H2,1-6H3,(H,28,32)/t20-,25+/m1/s1. The first-order valence-electron chi connectivity index (χ1n) is 12.3. The average molecular weight is 518 g/mol. The van der Waals surface area contributed by atoms with Crippen LogP contribution in [0.2, 0.25) is 0 Å². The molecule has 2 aromatic rings. The number of anilines is 1. The Morgan fingerprint density at radius 2 is 1.67 bits per heavy atom. The molecule has 0 saturated carbocycles. The molecule has 2 atom stereocenters. The minimum Gasteiger partial charge on any atom is -0.497 e. The van der Waals surface area contributed by atoms with Gasteiger partial charge in [-0.25, -0.2) is 8.42 Å². The fraction of sp³-hybridized carbons (Fsp3) is 0.481. The summed E-state index contributed by atoms with van der Waals surface area (Å²) in [6, 6.07) is 13.5. The van der Waals surface area contributed by atoms with Crippen LogP contribution in [0.4, 0.5) is 5.69 Å². The molecule has 0 spiro atoms. The SMILES string of the molecule is CCc1ccc(N(CC(=O)N(Cc2cccc(OC)c2)[C@@H](CC)C(=O)N[C@H](C)CC)S(C)(=O)=O)cc1. The van der Waals surface area contributed by atoms with E-state index < -0.39 is 28.5 Å². The number of sulfonamides is 1. The van der Waals surface area contributed by atoms with Crippen molar-refractivity contribution in [2.24, 2.45) is 0 Å². The second kappa shape index (κ2) is 13.3. The monoisotopic (exact) mass is 517 g/mol. The number of benzene rings is 2. The van der Waals surface area contributed by atoms with E-state index in [1.54, 1.807) is 31.4 Å². The van der Waals surface area contributed by atoms with Gasteiger partial charge in [-0.1, -0.05) is 45.0 Å². The van der Waals surface area contributed by atoms with Crippen molar-refractivity contribution in [3.63, 3.8) is 0 Å². The lowest BCUT2D eigenvalue weighted by Gasteiger charge is -2.33. The molecule has 0 saturated heterocycles. The molecule has 9 heteroatoms. The molecule has 0 unspecified atom stereocenters. The molecule has 0 aromatic heterocycles. The summed E-state index contributed by atoms with van der Waals surface area (Å²) in [6.45, 7) is 7.45. The highest BCUT2D eigenvalue weighted by molar-refractivity contribution is 7.92. The number of aryl methyl sites for hydroxylation is 1. The molecule has 0 bridgehead atoms. The quantitative estimate of drug-likeness (QED) is 0.437. The molecule has 0 radical (unpaired) electrons. The first kappa shape index (κ1) is 29.2. The molecule has 0 fully saturated rings. The van der Waals surface area contributed by atoms with Crippen molar-refractivity contribution in [2.45, 2.75) is 65.6 Å². The summed E-state index contributed by atoms with van der Waals surface area (Å²) in [6.07, 6.45) is 3.02. The third-order valence-corrected chi connectivity index (χ3v) is 7.33. The normalized spacial score (nSPS) is 12.9. The van der Waals surface area contributed by atoms with Crippen LogP contribution in [0.5, 0.6) is 5.75 Å². The molecule has 36 heavy (non-hydrogen) atoms. The molecule has 0 aliphatic heterocycles. The Kier molecular flexibility index (Phi) is 10.8. The van der Waals surface area contributed by atoms with Gasteiger partial charge in [-0.05, 0) is 61.6 Å². The number of amides is 2. The predicted octanol–water partition coefficient (Wildman–Crippen LogP) is 3.75. The van der Waals surface area contributed by atoms with Gasteiger partial charge in [0.2, 0.25) is 21.8 Å². The number of carbonyl (C=O) groups is 2. The van der Waals surface area contributed by atoms with Crippen LogP contribution in [-0.4, -0.2) is 57.1 Å². The molecule has 2 amide bonds. The second-order valence-corrected chi connectivity index (χ2v) is 10.8. The largest absolute Gasteiger partial charge is 0.497 e. The number of nitrogens with zero attached hydrogens (tertiary/aromatic N) is 2. The molecule has 8 nitrogen and oxygen atoms in total. The molecule has 1 N–H and O–H groups in total. The van der Waals surface area contributed by atoms with Crippen molar-refractivity contribution in [1.82, 2.24) is 10.2 Å². The highest BCUT2D eigenvalue weighted by Gasteiger charge is 2.32. The van der Waals surface area contributed by atoms with Crippen LogP contribution in [0.15, 0.2) is 48.5 Å². The highest BCUT2D eigenvalue weighted by Crippen LogP contribution is 2.22. The molecule has 0 aliphatic rings. The number of hydrogen-bond acceptors (Lipinski definition) is 5. The molecule has 0 heterocycles.